The molecule has 9 heteroatoms. The average Bonchev–Trinajstić information content (AvgIpc) is 2.23. The molecule has 0 rings (SSSR count). The summed E-state index contributed by atoms with van der Waals surface area (Å²) in [5.41, 5.74) is 0. The third kappa shape index (κ3) is 20.2. The smallest absolute Gasteiger partial charge is 0.336 e. The van der Waals surface area contributed by atoms with Gasteiger partial charge in [-0.25, -0.2) is 4.79 Å². The fraction of sp³-hybridized carbons (Fsp3) is 0.556. The first-order chi connectivity index (χ1) is 8.22. The van der Waals surface area contributed by atoms with Crippen molar-refractivity contribution >= 4 is 19.5 Å². The van der Waals surface area contributed by atoms with Crippen molar-refractivity contribution in [1.29, 1.82) is 0 Å². The van der Waals surface area contributed by atoms with E-state index in [9.17, 15) is 14.2 Å². The number of hydrogen-bond donors (Lipinski definition) is 3. The van der Waals surface area contributed by atoms with Gasteiger partial charge in [-0.1, -0.05) is 6.58 Å². The summed E-state index contributed by atoms with van der Waals surface area (Å²) in [6, 6.07) is 0. The molecule has 0 saturated carbocycles. The summed E-state index contributed by atoms with van der Waals surface area (Å²) in [7, 11) is -4.29. The summed E-state index contributed by atoms with van der Waals surface area (Å²) < 4.78 is 19.6. The van der Waals surface area contributed by atoms with Gasteiger partial charge in [-0.15, -0.1) is 0 Å². The Kier molecular flexibility index (Phi) is 11.6. The maximum atomic E-state index is 10.7. The fourth-order valence-corrected chi connectivity index (χ4v) is 1.00. The van der Waals surface area contributed by atoms with Crippen LogP contribution in [-0.4, -0.2) is 52.8 Å². The second-order valence-corrected chi connectivity index (χ2v) is 4.43. The summed E-state index contributed by atoms with van der Waals surface area (Å²) in [6.45, 7) is 5.52. The van der Waals surface area contributed by atoms with E-state index in [1.165, 1.54) is 0 Å². The Bertz CT molecular complexity index is 308. The van der Waals surface area contributed by atoms with Crippen molar-refractivity contribution in [1.82, 2.24) is 0 Å². The predicted octanol–water partition coefficient (Wildman–Crippen LogP) is 0.000800. The first kappa shape index (κ1) is 19.1. The van der Waals surface area contributed by atoms with Gasteiger partial charge in [0.05, 0.1) is 6.61 Å². The van der Waals surface area contributed by atoms with Crippen molar-refractivity contribution in [2.24, 2.45) is 0 Å². The molecule has 0 unspecified atom stereocenters. The summed E-state index contributed by atoms with van der Waals surface area (Å²) in [4.78, 5) is 36.6. The summed E-state index contributed by atoms with van der Waals surface area (Å²) >= 11 is 0. The van der Waals surface area contributed by atoms with E-state index < -0.39 is 25.7 Å². The number of esters is 1. The topological polar surface area (TPSA) is 130 Å². The van der Waals surface area contributed by atoms with Gasteiger partial charge in [0.15, 0.2) is 0 Å². The number of carboxylic acids is 1. The summed E-state index contributed by atoms with van der Waals surface area (Å²) in [5, 5.41) is 7.60. The molecule has 0 aromatic heterocycles. The van der Waals surface area contributed by atoms with Gasteiger partial charge >= 0.3 is 19.5 Å². The molecule has 0 aliphatic carbocycles. The molecular weight excluding hydrogens is 267 g/mol. The van der Waals surface area contributed by atoms with Gasteiger partial charge < -0.3 is 24.4 Å². The lowest BCUT2D eigenvalue weighted by atomic mass is 10.7. The number of rotatable bonds is 7. The highest BCUT2D eigenvalue weighted by molar-refractivity contribution is 7.52. The van der Waals surface area contributed by atoms with Crippen LogP contribution in [0.1, 0.15) is 6.92 Å². The molecule has 0 heterocycles. The van der Waals surface area contributed by atoms with Crippen LogP contribution in [0.25, 0.3) is 0 Å². The van der Waals surface area contributed by atoms with Gasteiger partial charge in [-0.3, -0.25) is 9.36 Å². The minimum absolute atomic E-state index is 0.0205. The Balaban J connectivity index is 0. The molecule has 3 N–H and O–H groups in total. The van der Waals surface area contributed by atoms with Crippen molar-refractivity contribution in [3.05, 3.63) is 12.7 Å². The Morgan fingerprint density at radius 3 is 2.17 bits per heavy atom. The molecule has 0 spiro atoms. The van der Waals surface area contributed by atoms with Crippen LogP contribution in [0.5, 0.6) is 0 Å². The van der Waals surface area contributed by atoms with E-state index in [1.807, 2.05) is 0 Å². The minimum Gasteiger partial charge on any atom is -0.478 e. The first-order valence-corrected chi connectivity index (χ1v) is 6.66. The van der Waals surface area contributed by atoms with Crippen LogP contribution in [-0.2, 0) is 23.6 Å². The molecule has 0 aromatic rings. The number of hydrogen-bond acceptors (Lipinski definition) is 5. The number of aliphatic carboxylic acids is 1. The molecule has 8 nitrogen and oxygen atoms in total. The monoisotopic (exact) mass is 284 g/mol. The van der Waals surface area contributed by atoms with Crippen molar-refractivity contribution in [3.8, 4) is 0 Å². The van der Waals surface area contributed by atoms with Crippen LogP contribution in [0.2, 0.25) is 0 Å². The van der Waals surface area contributed by atoms with Gasteiger partial charge in [-0.05, 0) is 6.92 Å². The highest BCUT2D eigenvalue weighted by atomic mass is 31.2. The molecule has 0 aromatic carbocycles. The van der Waals surface area contributed by atoms with Crippen LogP contribution >= 0.6 is 7.60 Å². The largest absolute Gasteiger partial charge is 0.478 e. The molecule has 0 bridgehead atoms. The Morgan fingerprint density at radius 2 is 1.83 bits per heavy atom. The van der Waals surface area contributed by atoms with Gasteiger partial charge in [-0.2, -0.15) is 0 Å². The van der Waals surface area contributed by atoms with E-state index in [0.717, 1.165) is 6.08 Å². The molecule has 18 heavy (non-hydrogen) atoms. The number of ether oxygens (including phenoxy) is 2. The van der Waals surface area contributed by atoms with Crippen LogP contribution in [0.3, 0.4) is 0 Å². The van der Waals surface area contributed by atoms with Gasteiger partial charge in [0.1, 0.15) is 12.8 Å². The molecule has 106 valence electrons. The lowest BCUT2D eigenvalue weighted by Crippen LogP contribution is -2.14. The number of carboxylic acid groups (broad SMARTS) is 1. The molecule has 0 radical (unpaired) electrons. The normalized spacial score (nSPS) is 9.94. The van der Waals surface area contributed by atoms with Crippen LogP contribution < -0.4 is 0 Å². The lowest BCUT2D eigenvalue weighted by Gasteiger charge is -2.05. The summed E-state index contributed by atoms with van der Waals surface area (Å²) in [6.07, 6.45) is -0.0425. The Morgan fingerprint density at radius 1 is 1.33 bits per heavy atom. The standard InChI is InChI=1S/C6H13O6P.C3H4O2/c1-2-11-3-4-12-6(7)5-13(8,9)10;1-2-3(4)5/h2-5H2,1H3,(H2,8,9,10);2H,1H2,(H,4,5). The van der Waals surface area contributed by atoms with Crippen molar-refractivity contribution in [2.45, 2.75) is 6.92 Å². The highest BCUT2D eigenvalue weighted by Gasteiger charge is 2.19. The minimum atomic E-state index is -4.29. The van der Waals surface area contributed by atoms with Crippen molar-refractivity contribution in [3.63, 3.8) is 0 Å². The maximum absolute atomic E-state index is 10.7. The molecule has 0 amide bonds. The number of carbonyl (C=O) groups excluding carboxylic acids is 1. The average molecular weight is 284 g/mol. The van der Waals surface area contributed by atoms with Crippen molar-refractivity contribution in [2.75, 3.05) is 26.0 Å². The lowest BCUT2D eigenvalue weighted by molar-refractivity contribution is -0.142. The zero-order valence-electron chi connectivity index (χ0n) is 9.94. The second-order valence-electron chi connectivity index (χ2n) is 2.78. The van der Waals surface area contributed by atoms with Crippen molar-refractivity contribution < 1.29 is 38.5 Å². The zero-order chi connectivity index (χ0) is 14.6. The Labute approximate surface area is 104 Å². The molecule has 0 fully saturated rings. The quantitative estimate of drug-likeness (QED) is 0.258. The maximum Gasteiger partial charge on any atom is 0.336 e. The SMILES string of the molecule is C=CC(=O)O.CCOCCOC(=O)CP(=O)(O)O. The van der Waals surface area contributed by atoms with Crippen LogP contribution in [0, 0.1) is 0 Å². The molecule has 0 atom stereocenters. The van der Waals surface area contributed by atoms with Gasteiger partial charge in [0.2, 0.25) is 0 Å². The van der Waals surface area contributed by atoms with E-state index >= 15 is 0 Å². The second kappa shape index (κ2) is 10.9. The number of carbonyl (C=O) groups is 2. The molecule has 0 aliphatic rings. The van der Waals surface area contributed by atoms with Gasteiger partial charge in [0.25, 0.3) is 0 Å². The Hall–Kier alpha value is -1.21. The van der Waals surface area contributed by atoms with E-state index in [1.54, 1.807) is 6.92 Å². The third-order valence-corrected chi connectivity index (χ3v) is 1.87. The van der Waals surface area contributed by atoms with Crippen LogP contribution in [0.4, 0.5) is 0 Å². The van der Waals surface area contributed by atoms with E-state index in [0.29, 0.717) is 6.61 Å². The molecule has 0 aliphatic heterocycles. The summed E-state index contributed by atoms with van der Waals surface area (Å²) in [5.74, 6) is -1.89. The van der Waals surface area contributed by atoms with Crippen LogP contribution in [0.15, 0.2) is 12.7 Å². The van der Waals surface area contributed by atoms with E-state index in [2.05, 4.69) is 11.3 Å². The first-order valence-electron chi connectivity index (χ1n) is 4.86. The molecular formula is C9H17O8P. The molecule has 0 saturated heterocycles. The fourth-order valence-electron chi connectivity index (χ4n) is 0.573. The highest BCUT2D eigenvalue weighted by Crippen LogP contribution is 2.33. The third-order valence-electron chi connectivity index (χ3n) is 1.20. The van der Waals surface area contributed by atoms with E-state index in [4.69, 9.17) is 19.6 Å². The van der Waals surface area contributed by atoms with E-state index in [-0.39, 0.29) is 13.2 Å². The van der Waals surface area contributed by atoms with Gasteiger partial charge in [0, 0.05) is 12.7 Å². The predicted molar refractivity (Wildman–Crippen MR) is 62.2 cm³/mol. The zero-order valence-corrected chi connectivity index (χ0v) is 10.8.